The van der Waals surface area contributed by atoms with E-state index in [1.807, 2.05) is 6.07 Å². The molecule has 0 aliphatic carbocycles. The predicted molar refractivity (Wildman–Crippen MR) is 95.2 cm³/mol. The smallest absolute Gasteiger partial charge is 0.313 e. The number of anilines is 1. The van der Waals surface area contributed by atoms with Crippen molar-refractivity contribution < 1.29 is 19.5 Å². The fourth-order valence-corrected chi connectivity index (χ4v) is 2.07. The Labute approximate surface area is 150 Å². The highest BCUT2D eigenvalue weighted by Crippen LogP contribution is 2.15. The average Bonchev–Trinajstić information content (AvgIpc) is 2.65. The van der Waals surface area contributed by atoms with E-state index in [9.17, 15) is 14.4 Å². The van der Waals surface area contributed by atoms with E-state index >= 15 is 0 Å². The van der Waals surface area contributed by atoms with E-state index in [0.717, 1.165) is 5.56 Å². The van der Waals surface area contributed by atoms with Crippen molar-refractivity contribution in [3.63, 3.8) is 0 Å². The molecule has 2 rings (SSSR count). The molecule has 0 unspecified atom stereocenters. The lowest BCUT2D eigenvalue weighted by Gasteiger charge is -2.12. The number of nitrogens with one attached hydrogen (secondary N) is 3. The van der Waals surface area contributed by atoms with Gasteiger partial charge in [0, 0.05) is 25.5 Å². The van der Waals surface area contributed by atoms with Gasteiger partial charge in [-0.25, -0.2) is 0 Å². The van der Waals surface area contributed by atoms with Crippen LogP contribution in [0.3, 0.4) is 0 Å². The van der Waals surface area contributed by atoms with Crippen molar-refractivity contribution in [2.75, 3.05) is 11.9 Å². The number of aliphatic hydroxyl groups is 1. The molecule has 8 nitrogen and oxygen atoms in total. The molecule has 8 heteroatoms. The van der Waals surface area contributed by atoms with Crippen LogP contribution >= 0.6 is 0 Å². The van der Waals surface area contributed by atoms with Crippen LogP contribution in [0.1, 0.15) is 22.8 Å². The highest BCUT2D eigenvalue weighted by atomic mass is 16.3. The van der Waals surface area contributed by atoms with E-state index in [0.29, 0.717) is 0 Å². The highest BCUT2D eigenvalue weighted by Gasteiger charge is 2.18. The van der Waals surface area contributed by atoms with Crippen LogP contribution in [0.4, 0.5) is 5.69 Å². The van der Waals surface area contributed by atoms with Crippen LogP contribution in [0.25, 0.3) is 0 Å². The first-order valence-corrected chi connectivity index (χ1v) is 8.00. The molecular weight excluding hydrogens is 336 g/mol. The van der Waals surface area contributed by atoms with Crippen LogP contribution in [0.2, 0.25) is 0 Å². The molecule has 1 aromatic heterocycles. The first-order chi connectivity index (χ1) is 12.5. The number of pyridine rings is 1. The molecule has 2 aromatic rings. The molecule has 0 fully saturated rings. The Bertz CT molecular complexity index is 778. The van der Waals surface area contributed by atoms with Crippen LogP contribution in [-0.2, 0) is 16.1 Å². The molecule has 0 radical (unpaired) electrons. The van der Waals surface area contributed by atoms with Crippen LogP contribution in [0, 0.1) is 0 Å². The molecular formula is C18H20N4O4. The predicted octanol–water partition coefficient (Wildman–Crippen LogP) is 0.447. The maximum atomic E-state index is 12.4. The summed E-state index contributed by atoms with van der Waals surface area (Å²) < 4.78 is 0. The van der Waals surface area contributed by atoms with Crippen molar-refractivity contribution in [2.45, 2.75) is 19.6 Å². The third-order valence-corrected chi connectivity index (χ3v) is 3.36. The molecule has 0 aliphatic heterocycles. The number of hydrogen-bond acceptors (Lipinski definition) is 5. The van der Waals surface area contributed by atoms with Gasteiger partial charge in [-0.05, 0) is 30.7 Å². The minimum absolute atomic E-state index is 0.0422. The van der Waals surface area contributed by atoms with Crippen molar-refractivity contribution in [3.8, 4) is 0 Å². The van der Waals surface area contributed by atoms with Crippen LogP contribution in [0.15, 0.2) is 48.8 Å². The zero-order valence-corrected chi connectivity index (χ0v) is 14.2. The summed E-state index contributed by atoms with van der Waals surface area (Å²) >= 11 is 0. The molecule has 4 N–H and O–H groups in total. The quantitative estimate of drug-likeness (QED) is 0.560. The van der Waals surface area contributed by atoms with Crippen molar-refractivity contribution in [1.82, 2.24) is 15.6 Å². The number of hydrogen-bond donors (Lipinski definition) is 4. The fraction of sp³-hybridized carbons (Fsp3) is 0.222. The van der Waals surface area contributed by atoms with E-state index < -0.39 is 23.8 Å². The summed E-state index contributed by atoms with van der Waals surface area (Å²) in [6.07, 6.45) is 2.51. The van der Waals surface area contributed by atoms with E-state index in [2.05, 4.69) is 20.9 Å². The normalized spacial score (nSPS) is 11.3. The minimum atomic E-state index is -0.918. The Morgan fingerprint density at radius 3 is 2.54 bits per heavy atom. The number of carbonyl (C=O) groups excluding carboxylic acids is 3. The van der Waals surface area contributed by atoms with Gasteiger partial charge in [0.25, 0.3) is 5.91 Å². The Kier molecular flexibility index (Phi) is 6.81. The lowest BCUT2D eigenvalue weighted by Crippen LogP contribution is -2.39. The summed E-state index contributed by atoms with van der Waals surface area (Å²) in [5.74, 6) is -2.20. The molecule has 1 atom stereocenters. The van der Waals surface area contributed by atoms with Crippen molar-refractivity contribution >= 4 is 23.4 Å². The standard InChI is InChI=1S/C18H20N4O4/c1-12(23)9-20-17(25)18(26)22-15-7-3-2-6-14(15)16(24)21-11-13-5-4-8-19-10-13/h2-8,10,12,23H,9,11H2,1H3,(H,20,25)(H,21,24)(H,22,26)/t12-/m1/s1. The fourth-order valence-electron chi connectivity index (χ4n) is 2.07. The van der Waals surface area contributed by atoms with Gasteiger partial charge in [0.2, 0.25) is 0 Å². The van der Waals surface area contributed by atoms with Gasteiger partial charge in [-0.1, -0.05) is 18.2 Å². The second kappa shape index (κ2) is 9.28. The summed E-state index contributed by atoms with van der Waals surface area (Å²) in [4.78, 5) is 40.0. The van der Waals surface area contributed by atoms with E-state index in [4.69, 9.17) is 5.11 Å². The van der Waals surface area contributed by atoms with Gasteiger partial charge < -0.3 is 21.1 Å². The monoisotopic (exact) mass is 356 g/mol. The maximum absolute atomic E-state index is 12.4. The van der Waals surface area contributed by atoms with Gasteiger partial charge >= 0.3 is 11.8 Å². The first-order valence-electron chi connectivity index (χ1n) is 8.00. The van der Waals surface area contributed by atoms with Gasteiger partial charge in [0.05, 0.1) is 17.4 Å². The molecule has 0 saturated heterocycles. The highest BCUT2D eigenvalue weighted by molar-refractivity contribution is 6.40. The SMILES string of the molecule is C[C@@H](O)CNC(=O)C(=O)Nc1ccccc1C(=O)NCc1cccnc1. The van der Waals surface area contributed by atoms with Crippen molar-refractivity contribution in [2.24, 2.45) is 0 Å². The molecule has 0 aliphatic rings. The Morgan fingerprint density at radius 2 is 1.85 bits per heavy atom. The van der Waals surface area contributed by atoms with Crippen LogP contribution < -0.4 is 16.0 Å². The average molecular weight is 356 g/mol. The number of nitrogens with zero attached hydrogens (tertiary/aromatic N) is 1. The molecule has 26 heavy (non-hydrogen) atoms. The number of benzene rings is 1. The summed E-state index contributed by atoms with van der Waals surface area (Å²) in [5.41, 5.74) is 1.28. The number of amides is 3. The summed E-state index contributed by atoms with van der Waals surface area (Å²) in [5, 5.41) is 16.6. The van der Waals surface area contributed by atoms with E-state index in [1.165, 1.54) is 13.0 Å². The molecule has 0 bridgehead atoms. The molecule has 3 amide bonds. The molecule has 0 saturated carbocycles. The number of rotatable bonds is 6. The van der Waals surface area contributed by atoms with Gasteiger partial charge in [0.15, 0.2) is 0 Å². The summed E-state index contributed by atoms with van der Waals surface area (Å²) in [6, 6.07) is 9.96. The number of para-hydroxylation sites is 1. The number of aliphatic hydroxyl groups excluding tert-OH is 1. The third kappa shape index (κ3) is 5.67. The van der Waals surface area contributed by atoms with Crippen LogP contribution in [0.5, 0.6) is 0 Å². The lowest BCUT2D eigenvalue weighted by molar-refractivity contribution is -0.136. The Hall–Kier alpha value is -3.26. The Morgan fingerprint density at radius 1 is 1.08 bits per heavy atom. The summed E-state index contributed by atoms with van der Waals surface area (Å²) in [6.45, 7) is 1.73. The number of aromatic nitrogens is 1. The topological polar surface area (TPSA) is 120 Å². The van der Waals surface area contributed by atoms with Crippen molar-refractivity contribution in [3.05, 3.63) is 59.9 Å². The van der Waals surface area contributed by atoms with Crippen LogP contribution in [-0.4, -0.2) is 40.5 Å². The number of carbonyl (C=O) groups is 3. The van der Waals surface area contributed by atoms with Gasteiger partial charge in [-0.15, -0.1) is 0 Å². The maximum Gasteiger partial charge on any atom is 0.313 e. The molecule has 1 heterocycles. The van der Waals surface area contributed by atoms with Gasteiger partial charge in [0.1, 0.15) is 0 Å². The lowest BCUT2D eigenvalue weighted by atomic mass is 10.1. The zero-order chi connectivity index (χ0) is 18.9. The largest absolute Gasteiger partial charge is 0.392 e. The zero-order valence-electron chi connectivity index (χ0n) is 14.2. The first kappa shape index (κ1) is 19.1. The molecule has 0 spiro atoms. The summed E-state index contributed by atoms with van der Waals surface area (Å²) in [7, 11) is 0. The van der Waals surface area contributed by atoms with Gasteiger partial charge in [-0.2, -0.15) is 0 Å². The second-order valence-electron chi connectivity index (χ2n) is 5.60. The third-order valence-electron chi connectivity index (χ3n) is 3.36. The van der Waals surface area contributed by atoms with E-state index in [1.54, 1.807) is 36.7 Å². The minimum Gasteiger partial charge on any atom is -0.392 e. The second-order valence-corrected chi connectivity index (χ2v) is 5.60. The van der Waals surface area contributed by atoms with Crippen molar-refractivity contribution in [1.29, 1.82) is 0 Å². The van der Waals surface area contributed by atoms with E-state index in [-0.39, 0.29) is 24.3 Å². The molecule has 1 aromatic carbocycles. The van der Waals surface area contributed by atoms with Gasteiger partial charge in [-0.3, -0.25) is 19.4 Å². The molecule has 136 valence electrons. The Balaban J connectivity index is 2.01.